The Hall–Kier alpha value is -4.33. The number of aromatic amines is 1. The van der Waals surface area contributed by atoms with Crippen LogP contribution in [0.15, 0.2) is 73.4 Å². The molecular weight excluding hydrogens is 390 g/mol. The quantitative estimate of drug-likeness (QED) is 0.462. The fourth-order valence-corrected chi connectivity index (χ4v) is 3.59. The van der Waals surface area contributed by atoms with Gasteiger partial charge in [-0.1, -0.05) is 6.07 Å². The number of hydrogen-bond acceptors (Lipinski definition) is 5. The topological polar surface area (TPSA) is 101 Å². The van der Waals surface area contributed by atoms with E-state index >= 15 is 0 Å². The molecule has 0 aliphatic rings. The van der Waals surface area contributed by atoms with Gasteiger partial charge < -0.3 is 10.3 Å². The number of nitrogens with zero attached hydrogens (tertiary/aromatic N) is 5. The highest BCUT2D eigenvalue weighted by Crippen LogP contribution is 2.36. The van der Waals surface area contributed by atoms with Crippen LogP contribution in [0.25, 0.3) is 33.5 Å². The number of amides is 1. The van der Waals surface area contributed by atoms with Crippen LogP contribution in [0, 0.1) is 0 Å². The normalized spacial score (nSPS) is 11.0. The molecule has 5 heterocycles. The smallest absolute Gasteiger partial charge is 0.230 e. The molecule has 0 aliphatic carbocycles. The summed E-state index contributed by atoms with van der Waals surface area (Å²) in [5.74, 6) is 0.325. The summed E-state index contributed by atoms with van der Waals surface area (Å²) in [5, 5.41) is 6.97. The fourth-order valence-electron chi connectivity index (χ4n) is 3.59. The molecule has 0 aliphatic heterocycles. The fraction of sp³-hybridized carbons (Fsp3) is 0.0870. The molecule has 0 radical (unpaired) electrons. The third-order valence-electron chi connectivity index (χ3n) is 4.91. The van der Waals surface area contributed by atoms with Crippen LogP contribution in [-0.4, -0.2) is 35.6 Å². The monoisotopic (exact) mass is 409 g/mol. The molecule has 0 saturated heterocycles. The molecule has 1 amide bonds. The second-order valence-electron chi connectivity index (χ2n) is 7.17. The lowest BCUT2D eigenvalue weighted by atomic mass is 10.0. The van der Waals surface area contributed by atoms with E-state index in [-0.39, 0.29) is 12.3 Å². The van der Waals surface area contributed by atoms with Crippen molar-refractivity contribution in [3.8, 4) is 22.5 Å². The van der Waals surface area contributed by atoms with Gasteiger partial charge >= 0.3 is 0 Å². The van der Waals surface area contributed by atoms with Gasteiger partial charge in [-0.25, -0.2) is 4.98 Å². The highest BCUT2D eigenvalue weighted by molar-refractivity contribution is 6.01. The average Bonchev–Trinajstić information content (AvgIpc) is 3.37. The van der Waals surface area contributed by atoms with Crippen molar-refractivity contribution in [3.63, 3.8) is 0 Å². The second-order valence-corrected chi connectivity index (χ2v) is 7.17. The Labute approximate surface area is 178 Å². The Kier molecular flexibility index (Phi) is 4.72. The van der Waals surface area contributed by atoms with Gasteiger partial charge in [0, 0.05) is 37.4 Å². The predicted octanol–water partition coefficient (Wildman–Crippen LogP) is 3.60. The van der Waals surface area contributed by atoms with Crippen molar-refractivity contribution in [1.82, 2.24) is 29.7 Å². The SMILES string of the molecule is Cn1cc(CC(=O)Nc2cc(-c3[nH]c4cccnc4c3-c3ccccn3)ccn2)cn1. The summed E-state index contributed by atoms with van der Waals surface area (Å²) in [7, 11) is 1.82. The van der Waals surface area contributed by atoms with E-state index in [1.165, 1.54) is 0 Å². The van der Waals surface area contributed by atoms with Crippen LogP contribution in [0.5, 0.6) is 0 Å². The van der Waals surface area contributed by atoms with E-state index in [2.05, 4.69) is 30.4 Å². The minimum absolute atomic E-state index is 0.152. The lowest BCUT2D eigenvalue weighted by Crippen LogP contribution is -2.15. The van der Waals surface area contributed by atoms with Crippen LogP contribution >= 0.6 is 0 Å². The molecule has 2 N–H and O–H groups in total. The molecule has 0 aromatic carbocycles. The summed E-state index contributed by atoms with van der Waals surface area (Å²) in [5.41, 5.74) is 6.09. The van der Waals surface area contributed by atoms with Gasteiger partial charge in [-0.15, -0.1) is 0 Å². The number of aryl methyl sites for hydroxylation is 1. The van der Waals surface area contributed by atoms with Crippen LogP contribution in [0.4, 0.5) is 5.82 Å². The number of hydrogen-bond donors (Lipinski definition) is 2. The third kappa shape index (κ3) is 3.78. The number of anilines is 1. The Balaban J connectivity index is 1.50. The van der Waals surface area contributed by atoms with Gasteiger partial charge in [-0.3, -0.25) is 19.4 Å². The number of carbonyl (C=O) groups is 1. The standard InChI is InChI=1S/C23H19N7O/c1-30-14-15(13-27-30)11-20(31)29-19-12-16(7-10-25-19)22-21(17-5-2-3-8-24-17)23-18(28-22)6-4-9-26-23/h2-10,12-14,28H,11H2,1H3,(H,25,29,31). The van der Waals surface area contributed by atoms with Crippen LogP contribution in [0.2, 0.25) is 0 Å². The number of H-pyrrole nitrogens is 1. The maximum atomic E-state index is 12.5. The Morgan fingerprint density at radius 1 is 1.06 bits per heavy atom. The van der Waals surface area contributed by atoms with Gasteiger partial charge in [0.1, 0.15) is 5.82 Å². The number of aromatic nitrogens is 6. The van der Waals surface area contributed by atoms with Gasteiger partial charge in [0.2, 0.25) is 5.91 Å². The summed E-state index contributed by atoms with van der Waals surface area (Å²) >= 11 is 0. The Bertz CT molecular complexity index is 1370. The molecule has 0 spiro atoms. The van der Waals surface area contributed by atoms with Crippen molar-refractivity contribution in [1.29, 1.82) is 0 Å². The van der Waals surface area contributed by atoms with Crippen LogP contribution in [0.1, 0.15) is 5.56 Å². The molecule has 0 atom stereocenters. The third-order valence-corrected chi connectivity index (χ3v) is 4.91. The predicted molar refractivity (Wildman–Crippen MR) is 118 cm³/mol. The highest BCUT2D eigenvalue weighted by Gasteiger charge is 2.17. The zero-order valence-corrected chi connectivity index (χ0v) is 16.8. The Morgan fingerprint density at radius 2 is 1.97 bits per heavy atom. The van der Waals surface area contributed by atoms with Gasteiger partial charge in [0.25, 0.3) is 0 Å². The van der Waals surface area contributed by atoms with E-state index in [1.54, 1.807) is 29.5 Å². The highest BCUT2D eigenvalue weighted by atomic mass is 16.1. The molecule has 0 unspecified atom stereocenters. The van der Waals surface area contributed by atoms with Crippen LogP contribution < -0.4 is 5.32 Å². The lowest BCUT2D eigenvalue weighted by Gasteiger charge is -2.08. The maximum Gasteiger partial charge on any atom is 0.230 e. The van der Waals surface area contributed by atoms with Gasteiger partial charge in [0.05, 0.1) is 40.6 Å². The molecule has 8 heteroatoms. The van der Waals surface area contributed by atoms with E-state index in [9.17, 15) is 4.79 Å². The minimum Gasteiger partial charge on any atom is -0.353 e. The van der Waals surface area contributed by atoms with Crippen molar-refractivity contribution in [2.75, 3.05) is 5.32 Å². The first-order chi connectivity index (χ1) is 15.2. The zero-order chi connectivity index (χ0) is 21.2. The largest absolute Gasteiger partial charge is 0.353 e. The Morgan fingerprint density at radius 3 is 2.77 bits per heavy atom. The van der Waals surface area contributed by atoms with Gasteiger partial charge in [-0.2, -0.15) is 5.10 Å². The summed E-state index contributed by atoms with van der Waals surface area (Å²) < 4.78 is 1.67. The van der Waals surface area contributed by atoms with Crippen molar-refractivity contribution in [2.24, 2.45) is 7.05 Å². The van der Waals surface area contributed by atoms with Gasteiger partial charge in [0.15, 0.2) is 0 Å². The van der Waals surface area contributed by atoms with Crippen molar-refractivity contribution in [3.05, 3.63) is 79.0 Å². The molecular formula is C23H19N7O. The summed E-state index contributed by atoms with van der Waals surface area (Å²) in [6.45, 7) is 0. The van der Waals surface area contributed by atoms with E-state index in [0.29, 0.717) is 5.82 Å². The van der Waals surface area contributed by atoms with Crippen molar-refractivity contribution >= 4 is 22.8 Å². The number of fused-ring (bicyclic) bond motifs is 1. The number of rotatable bonds is 5. The van der Waals surface area contributed by atoms with E-state index in [0.717, 1.165) is 39.1 Å². The molecule has 31 heavy (non-hydrogen) atoms. The number of pyridine rings is 3. The molecule has 0 fully saturated rings. The van der Waals surface area contributed by atoms with Crippen LogP contribution in [-0.2, 0) is 18.3 Å². The molecule has 0 bridgehead atoms. The molecule has 0 saturated carbocycles. The van der Waals surface area contributed by atoms with Crippen molar-refractivity contribution in [2.45, 2.75) is 6.42 Å². The zero-order valence-electron chi connectivity index (χ0n) is 16.8. The first-order valence-electron chi connectivity index (χ1n) is 9.79. The van der Waals surface area contributed by atoms with Gasteiger partial charge in [-0.05, 0) is 42.0 Å². The number of carbonyl (C=O) groups excluding carboxylic acids is 1. The van der Waals surface area contributed by atoms with E-state index in [4.69, 9.17) is 0 Å². The summed E-state index contributed by atoms with van der Waals surface area (Å²) in [4.78, 5) is 29.3. The molecule has 8 nitrogen and oxygen atoms in total. The van der Waals surface area contributed by atoms with Crippen LogP contribution in [0.3, 0.4) is 0 Å². The average molecular weight is 409 g/mol. The van der Waals surface area contributed by atoms with E-state index < -0.39 is 0 Å². The lowest BCUT2D eigenvalue weighted by molar-refractivity contribution is -0.115. The molecule has 5 rings (SSSR count). The molecule has 5 aromatic heterocycles. The van der Waals surface area contributed by atoms with Crippen molar-refractivity contribution < 1.29 is 4.79 Å². The second kappa shape index (κ2) is 7.83. The number of nitrogens with one attached hydrogen (secondary N) is 2. The van der Waals surface area contributed by atoms with E-state index in [1.807, 2.05) is 55.7 Å². The minimum atomic E-state index is -0.152. The maximum absolute atomic E-state index is 12.5. The summed E-state index contributed by atoms with van der Waals surface area (Å²) in [6.07, 6.45) is 8.94. The first-order valence-corrected chi connectivity index (χ1v) is 9.79. The first kappa shape index (κ1) is 18.7. The summed E-state index contributed by atoms with van der Waals surface area (Å²) in [6, 6.07) is 13.4. The molecule has 5 aromatic rings. The molecule has 152 valence electrons.